The monoisotopic (exact) mass is 249 g/mol. The minimum atomic E-state index is 1.08. The first-order valence-corrected chi connectivity index (χ1v) is 6.23. The van der Waals surface area contributed by atoms with Crippen molar-refractivity contribution in [2.24, 2.45) is 0 Å². The molecular weight excluding hydrogens is 232 g/mol. The average Bonchev–Trinajstić information content (AvgIpc) is 2.48. The third-order valence-corrected chi connectivity index (χ3v) is 2.46. The van der Waals surface area contributed by atoms with Crippen LogP contribution in [0.4, 0.5) is 11.4 Å². The van der Waals surface area contributed by atoms with Crippen molar-refractivity contribution in [3.05, 3.63) is 85.1 Å². The van der Waals surface area contributed by atoms with Crippen LogP contribution in [-0.2, 0) is 0 Å². The highest BCUT2D eigenvalue weighted by Crippen LogP contribution is 2.03. The molecule has 0 fully saturated rings. The predicted molar refractivity (Wildman–Crippen MR) is 81.5 cm³/mol. The third kappa shape index (κ3) is 5.04. The molecule has 0 aliphatic heterocycles. The van der Waals surface area contributed by atoms with Gasteiger partial charge in [-0.3, -0.25) is 0 Å². The van der Waals surface area contributed by atoms with Gasteiger partial charge in [0.1, 0.15) is 0 Å². The number of benzene rings is 2. The standard InChI is InChI=1S/C17H16N2/c1-4-10-16(11-5-1)18-14-8-3-9-15-19-17-12-6-2-7-13-17/h1-15,18H/p+1. The van der Waals surface area contributed by atoms with Crippen molar-refractivity contribution in [2.75, 3.05) is 5.32 Å². The lowest BCUT2D eigenvalue weighted by molar-refractivity contribution is -0.346. The fourth-order valence-corrected chi connectivity index (χ4v) is 1.53. The lowest BCUT2D eigenvalue weighted by Crippen LogP contribution is -2.60. The maximum atomic E-state index is 3.19. The molecule has 94 valence electrons. The van der Waals surface area contributed by atoms with Gasteiger partial charge in [-0.15, -0.1) is 0 Å². The van der Waals surface area contributed by atoms with Crippen LogP contribution < -0.4 is 10.3 Å². The number of rotatable bonds is 5. The van der Waals surface area contributed by atoms with Crippen molar-refractivity contribution < 1.29 is 4.99 Å². The molecular formula is C17H17N2+. The van der Waals surface area contributed by atoms with Gasteiger partial charge in [-0.25, -0.2) is 4.99 Å². The van der Waals surface area contributed by atoms with Gasteiger partial charge in [0.15, 0.2) is 6.21 Å². The molecule has 0 saturated heterocycles. The van der Waals surface area contributed by atoms with Gasteiger partial charge in [-0.1, -0.05) is 42.5 Å². The molecule has 0 spiro atoms. The summed E-state index contributed by atoms with van der Waals surface area (Å²) in [4.78, 5) is 3.19. The van der Waals surface area contributed by atoms with Gasteiger partial charge >= 0.3 is 0 Å². The van der Waals surface area contributed by atoms with Crippen molar-refractivity contribution in [3.8, 4) is 0 Å². The van der Waals surface area contributed by atoms with E-state index in [1.807, 2.05) is 91.3 Å². The smallest absolute Gasteiger partial charge is 0.203 e. The number of para-hydroxylation sites is 2. The Morgan fingerprint density at radius 2 is 1.42 bits per heavy atom. The Morgan fingerprint density at radius 1 is 0.737 bits per heavy atom. The van der Waals surface area contributed by atoms with Crippen LogP contribution in [0.5, 0.6) is 0 Å². The van der Waals surface area contributed by atoms with Gasteiger partial charge < -0.3 is 5.32 Å². The average molecular weight is 249 g/mol. The second-order valence-corrected chi connectivity index (χ2v) is 3.93. The topological polar surface area (TPSA) is 26.0 Å². The fourth-order valence-electron chi connectivity index (χ4n) is 1.53. The number of anilines is 1. The Balaban J connectivity index is 1.76. The van der Waals surface area contributed by atoms with Gasteiger partial charge in [0.05, 0.1) is 0 Å². The minimum absolute atomic E-state index is 1.08. The van der Waals surface area contributed by atoms with Crippen molar-refractivity contribution in [3.63, 3.8) is 0 Å². The van der Waals surface area contributed by atoms with Gasteiger partial charge in [0.25, 0.3) is 0 Å². The Morgan fingerprint density at radius 3 is 2.16 bits per heavy atom. The first-order valence-electron chi connectivity index (χ1n) is 6.23. The quantitative estimate of drug-likeness (QED) is 0.618. The van der Waals surface area contributed by atoms with E-state index in [1.54, 1.807) is 0 Å². The van der Waals surface area contributed by atoms with Crippen LogP contribution in [0.1, 0.15) is 0 Å². The fraction of sp³-hybridized carbons (Fsp3) is 0. The number of hydrogen-bond acceptors (Lipinski definition) is 1. The molecule has 2 aromatic carbocycles. The highest BCUT2D eigenvalue weighted by atomic mass is 14.8. The van der Waals surface area contributed by atoms with Crippen LogP contribution in [0.25, 0.3) is 0 Å². The zero-order valence-electron chi connectivity index (χ0n) is 10.7. The summed E-state index contributed by atoms with van der Waals surface area (Å²) in [5.74, 6) is 0. The SMILES string of the molecule is C(=CC=[NH+]c1ccccc1)C=CNc1ccccc1. The van der Waals surface area contributed by atoms with Gasteiger partial charge in [-0.2, -0.15) is 0 Å². The van der Waals surface area contributed by atoms with Crippen LogP contribution >= 0.6 is 0 Å². The molecule has 0 aromatic heterocycles. The Bertz CT molecular complexity index is 554. The van der Waals surface area contributed by atoms with E-state index in [0.29, 0.717) is 0 Å². The van der Waals surface area contributed by atoms with E-state index in [-0.39, 0.29) is 0 Å². The molecule has 2 heteroatoms. The molecule has 2 nitrogen and oxygen atoms in total. The van der Waals surface area contributed by atoms with Crippen molar-refractivity contribution in [2.45, 2.75) is 0 Å². The van der Waals surface area contributed by atoms with Crippen molar-refractivity contribution >= 4 is 17.6 Å². The number of allylic oxidation sites excluding steroid dienone is 3. The molecule has 2 aromatic rings. The van der Waals surface area contributed by atoms with E-state index in [2.05, 4.69) is 10.3 Å². The number of nitrogens with one attached hydrogen (secondary N) is 2. The zero-order chi connectivity index (χ0) is 13.2. The van der Waals surface area contributed by atoms with Gasteiger partial charge in [-0.05, 0) is 18.2 Å². The van der Waals surface area contributed by atoms with Crippen LogP contribution in [0.2, 0.25) is 0 Å². The van der Waals surface area contributed by atoms with Crippen LogP contribution in [0.3, 0.4) is 0 Å². The maximum absolute atomic E-state index is 3.19. The largest absolute Gasteiger partial charge is 0.362 e. The molecule has 0 saturated carbocycles. The van der Waals surface area contributed by atoms with E-state index < -0.39 is 0 Å². The summed E-state index contributed by atoms with van der Waals surface area (Å²) in [5, 5.41) is 3.19. The predicted octanol–water partition coefficient (Wildman–Crippen LogP) is 2.65. The Labute approximate surface area is 113 Å². The highest BCUT2D eigenvalue weighted by molar-refractivity contribution is 5.66. The van der Waals surface area contributed by atoms with Crippen molar-refractivity contribution in [1.82, 2.24) is 0 Å². The first kappa shape index (κ1) is 12.8. The molecule has 0 aliphatic rings. The molecule has 0 amide bonds. The third-order valence-electron chi connectivity index (χ3n) is 2.46. The van der Waals surface area contributed by atoms with Gasteiger partial charge in [0, 0.05) is 30.1 Å². The Hall–Kier alpha value is -2.61. The summed E-state index contributed by atoms with van der Waals surface area (Å²) in [6, 6.07) is 20.1. The summed E-state index contributed by atoms with van der Waals surface area (Å²) < 4.78 is 0. The molecule has 0 radical (unpaired) electrons. The van der Waals surface area contributed by atoms with E-state index in [1.165, 1.54) is 0 Å². The lowest BCUT2D eigenvalue weighted by Gasteiger charge is -1.96. The zero-order valence-corrected chi connectivity index (χ0v) is 10.7. The van der Waals surface area contributed by atoms with Crippen molar-refractivity contribution in [1.29, 1.82) is 0 Å². The first-order chi connectivity index (χ1) is 9.45. The summed E-state index contributed by atoms with van der Waals surface area (Å²) in [7, 11) is 0. The summed E-state index contributed by atoms with van der Waals surface area (Å²) in [6.45, 7) is 0. The highest BCUT2D eigenvalue weighted by Gasteiger charge is 1.87. The van der Waals surface area contributed by atoms with Crippen LogP contribution in [0, 0.1) is 0 Å². The van der Waals surface area contributed by atoms with Crippen LogP contribution in [-0.4, -0.2) is 6.21 Å². The maximum Gasteiger partial charge on any atom is 0.203 e. The molecule has 0 unspecified atom stereocenters. The molecule has 0 bridgehead atoms. The summed E-state index contributed by atoms with van der Waals surface area (Å²) >= 11 is 0. The second kappa shape index (κ2) is 7.67. The van der Waals surface area contributed by atoms with E-state index >= 15 is 0 Å². The van der Waals surface area contributed by atoms with E-state index in [0.717, 1.165) is 11.4 Å². The normalized spacial score (nSPS) is 11.6. The molecule has 0 atom stereocenters. The van der Waals surface area contributed by atoms with Crippen LogP contribution in [0.15, 0.2) is 85.1 Å². The minimum Gasteiger partial charge on any atom is -0.362 e. The number of hydrogen-bond donors (Lipinski definition) is 2. The summed E-state index contributed by atoms with van der Waals surface area (Å²) in [6.07, 6.45) is 9.68. The molecule has 19 heavy (non-hydrogen) atoms. The second-order valence-electron chi connectivity index (χ2n) is 3.93. The van der Waals surface area contributed by atoms with E-state index in [9.17, 15) is 0 Å². The molecule has 2 rings (SSSR count). The molecule has 2 N–H and O–H groups in total. The lowest BCUT2D eigenvalue weighted by atomic mass is 10.3. The molecule has 0 heterocycles. The Kier molecular flexibility index (Phi) is 5.18. The summed E-state index contributed by atoms with van der Waals surface area (Å²) in [5.41, 5.74) is 2.16. The molecule has 0 aliphatic carbocycles. The van der Waals surface area contributed by atoms with Gasteiger partial charge in [0.2, 0.25) is 5.69 Å². The van der Waals surface area contributed by atoms with E-state index in [4.69, 9.17) is 0 Å².